The van der Waals surface area contributed by atoms with E-state index in [1.807, 2.05) is 0 Å². The average Bonchev–Trinajstić information content (AvgIpc) is 2.62. The molecule has 1 fully saturated rings. The fourth-order valence-corrected chi connectivity index (χ4v) is 2.31. The Labute approximate surface area is 87.7 Å². The second-order valence-electron chi connectivity index (χ2n) is 4.58. The van der Waals surface area contributed by atoms with Crippen molar-refractivity contribution in [2.75, 3.05) is 6.54 Å². The lowest BCUT2D eigenvalue weighted by Gasteiger charge is -2.18. The molecule has 0 saturated heterocycles. The predicted molar refractivity (Wildman–Crippen MR) is 58.8 cm³/mol. The standard InChI is InChI=1S/C12H22N2/c1-3-5-10(2)9-14-12-7-4-6-11(12)8-13/h10-12,14H,3-7,9H2,1-2H3. The SMILES string of the molecule is CCCC(C)CNC1CCCC1C#N. The van der Waals surface area contributed by atoms with E-state index in [0.29, 0.717) is 6.04 Å². The van der Waals surface area contributed by atoms with Gasteiger partial charge in [0.05, 0.1) is 12.0 Å². The van der Waals surface area contributed by atoms with Crippen molar-refractivity contribution in [3.05, 3.63) is 0 Å². The zero-order chi connectivity index (χ0) is 10.4. The molecule has 1 rings (SSSR count). The molecule has 14 heavy (non-hydrogen) atoms. The molecule has 3 unspecified atom stereocenters. The first kappa shape index (κ1) is 11.5. The smallest absolute Gasteiger partial charge is 0.0672 e. The normalized spacial score (nSPS) is 28.6. The minimum absolute atomic E-state index is 0.267. The Hall–Kier alpha value is -0.550. The van der Waals surface area contributed by atoms with Gasteiger partial charge in [-0.25, -0.2) is 0 Å². The minimum Gasteiger partial charge on any atom is -0.312 e. The van der Waals surface area contributed by atoms with E-state index in [0.717, 1.165) is 18.9 Å². The lowest BCUT2D eigenvalue weighted by atomic mass is 10.0. The number of hydrogen-bond donors (Lipinski definition) is 1. The molecular formula is C12H22N2. The molecule has 0 bridgehead atoms. The van der Waals surface area contributed by atoms with Crippen LogP contribution >= 0.6 is 0 Å². The molecule has 0 heterocycles. The number of nitrogens with zero attached hydrogens (tertiary/aromatic N) is 1. The van der Waals surface area contributed by atoms with E-state index in [-0.39, 0.29) is 5.92 Å². The fourth-order valence-electron chi connectivity index (χ4n) is 2.31. The van der Waals surface area contributed by atoms with Crippen LogP contribution in [-0.4, -0.2) is 12.6 Å². The molecule has 0 aliphatic heterocycles. The number of nitriles is 1. The summed E-state index contributed by atoms with van der Waals surface area (Å²) in [4.78, 5) is 0. The topological polar surface area (TPSA) is 35.8 Å². The van der Waals surface area contributed by atoms with Crippen LogP contribution in [0.1, 0.15) is 46.0 Å². The van der Waals surface area contributed by atoms with E-state index >= 15 is 0 Å². The van der Waals surface area contributed by atoms with Gasteiger partial charge in [0, 0.05) is 6.04 Å². The van der Waals surface area contributed by atoms with Gasteiger partial charge in [0.15, 0.2) is 0 Å². The number of rotatable bonds is 5. The summed E-state index contributed by atoms with van der Waals surface area (Å²) >= 11 is 0. The van der Waals surface area contributed by atoms with Gasteiger partial charge in [0.25, 0.3) is 0 Å². The Bertz CT molecular complexity index is 195. The van der Waals surface area contributed by atoms with Gasteiger partial charge in [-0.1, -0.05) is 26.7 Å². The van der Waals surface area contributed by atoms with Gasteiger partial charge in [-0.3, -0.25) is 0 Å². The van der Waals surface area contributed by atoms with Crippen molar-refractivity contribution in [1.29, 1.82) is 5.26 Å². The molecule has 1 saturated carbocycles. The maximum absolute atomic E-state index is 8.92. The Morgan fingerprint density at radius 2 is 2.29 bits per heavy atom. The third kappa shape index (κ3) is 3.31. The van der Waals surface area contributed by atoms with Crippen molar-refractivity contribution in [3.63, 3.8) is 0 Å². The molecule has 1 aliphatic carbocycles. The van der Waals surface area contributed by atoms with Crippen molar-refractivity contribution in [3.8, 4) is 6.07 Å². The molecule has 0 aromatic heterocycles. The lowest BCUT2D eigenvalue weighted by molar-refractivity contribution is 0.401. The largest absolute Gasteiger partial charge is 0.312 e. The van der Waals surface area contributed by atoms with Crippen LogP contribution in [0.5, 0.6) is 0 Å². The zero-order valence-corrected chi connectivity index (χ0v) is 9.42. The van der Waals surface area contributed by atoms with E-state index in [4.69, 9.17) is 5.26 Å². The van der Waals surface area contributed by atoms with Crippen molar-refractivity contribution in [1.82, 2.24) is 5.32 Å². The quantitative estimate of drug-likeness (QED) is 0.730. The van der Waals surface area contributed by atoms with Crippen LogP contribution in [0.2, 0.25) is 0 Å². The van der Waals surface area contributed by atoms with Crippen LogP contribution in [0, 0.1) is 23.2 Å². The van der Waals surface area contributed by atoms with E-state index in [1.165, 1.54) is 25.7 Å². The van der Waals surface area contributed by atoms with E-state index in [9.17, 15) is 0 Å². The van der Waals surface area contributed by atoms with E-state index < -0.39 is 0 Å². The first-order valence-electron chi connectivity index (χ1n) is 5.91. The highest BCUT2D eigenvalue weighted by Gasteiger charge is 2.26. The van der Waals surface area contributed by atoms with Crippen LogP contribution in [-0.2, 0) is 0 Å². The predicted octanol–water partition coefficient (Wildman–Crippen LogP) is 2.70. The summed E-state index contributed by atoms with van der Waals surface area (Å²) in [5.41, 5.74) is 0. The summed E-state index contributed by atoms with van der Waals surface area (Å²) in [7, 11) is 0. The maximum Gasteiger partial charge on any atom is 0.0672 e. The van der Waals surface area contributed by atoms with E-state index in [1.54, 1.807) is 0 Å². The molecular weight excluding hydrogens is 172 g/mol. The van der Waals surface area contributed by atoms with Gasteiger partial charge in [-0.05, 0) is 31.7 Å². The van der Waals surface area contributed by atoms with Gasteiger partial charge in [-0.2, -0.15) is 5.26 Å². The number of nitrogens with one attached hydrogen (secondary N) is 1. The highest BCUT2D eigenvalue weighted by molar-refractivity contribution is 4.96. The molecule has 0 radical (unpaired) electrons. The Morgan fingerprint density at radius 3 is 2.93 bits per heavy atom. The highest BCUT2D eigenvalue weighted by atomic mass is 14.9. The van der Waals surface area contributed by atoms with Crippen LogP contribution in [0.3, 0.4) is 0 Å². The molecule has 1 N–H and O–H groups in total. The van der Waals surface area contributed by atoms with Gasteiger partial charge in [-0.15, -0.1) is 0 Å². The minimum atomic E-state index is 0.267. The van der Waals surface area contributed by atoms with Gasteiger partial charge < -0.3 is 5.32 Å². The molecule has 80 valence electrons. The zero-order valence-electron chi connectivity index (χ0n) is 9.42. The second-order valence-corrected chi connectivity index (χ2v) is 4.58. The molecule has 2 nitrogen and oxygen atoms in total. The molecule has 3 atom stereocenters. The molecule has 0 amide bonds. The van der Waals surface area contributed by atoms with Gasteiger partial charge in [0.2, 0.25) is 0 Å². The molecule has 0 aromatic carbocycles. The summed E-state index contributed by atoms with van der Waals surface area (Å²) < 4.78 is 0. The maximum atomic E-state index is 8.92. The Morgan fingerprint density at radius 1 is 1.50 bits per heavy atom. The summed E-state index contributed by atoms with van der Waals surface area (Å²) in [6.45, 7) is 5.59. The summed E-state index contributed by atoms with van der Waals surface area (Å²) in [5.74, 6) is 1.02. The van der Waals surface area contributed by atoms with Gasteiger partial charge in [0.1, 0.15) is 0 Å². The van der Waals surface area contributed by atoms with Crippen LogP contribution < -0.4 is 5.32 Å². The third-order valence-corrected chi connectivity index (χ3v) is 3.19. The summed E-state index contributed by atoms with van der Waals surface area (Å²) in [5, 5.41) is 12.5. The molecule has 2 heteroatoms. The Kier molecular flexibility index (Phi) is 4.97. The summed E-state index contributed by atoms with van der Waals surface area (Å²) in [6, 6.07) is 2.88. The van der Waals surface area contributed by atoms with Crippen LogP contribution in [0.25, 0.3) is 0 Å². The molecule has 0 spiro atoms. The first-order valence-corrected chi connectivity index (χ1v) is 5.91. The van der Waals surface area contributed by atoms with Crippen molar-refractivity contribution < 1.29 is 0 Å². The fraction of sp³-hybridized carbons (Fsp3) is 0.917. The Balaban J connectivity index is 2.20. The second kappa shape index (κ2) is 6.03. The third-order valence-electron chi connectivity index (χ3n) is 3.19. The van der Waals surface area contributed by atoms with Crippen LogP contribution in [0.15, 0.2) is 0 Å². The van der Waals surface area contributed by atoms with Crippen LogP contribution in [0.4, 0.5) is 0 Å². The monoisotopic (exact) mass is 194 g/mol. The van der Waals surface area contributed by atoms with Gasteiger partial charge >= 0.3 is 0 Å². The summed E-state index contributed by atoms with van der Waals surface area (Å²) in [6.07, 6.45) is 6.05. The van der Waals surface area contributed by atoms with Crippen molar-refractivity contribution >= 4 is 0 Å². The highest BCUT2D eigenvalue weighted by Crippen LogP contribution is 2.24. The first-order chi connectivity index (χ1) is 6.77. The average molecular weight is 194 g/mol. The van der Waals surface area contributed by atoms with Crippen molar-refractivity contribution in [2.45, 2.75) is 52.0 Å². The molecule has 0 aromatic rings. The van der Waals surface area contributed by atoms with Crippen molar-refractivity contribution in [2.24, 2.45) is 11.8 Å². The number of hydrogen-bond acceptors (Lipinski definition) is 2. The van der Waals surface area contributed by atoms with E-state index in [2.05, 4.69) is 25.2 Å². The molecule has 1 aliphatic rings. The lowest BCUT2D eigenvalue weighted by Crippen LogP contribution is -2.34.